The first-order valence-electron chi connectivity index (χ1n) is 4.68. The number of aryl methyl sites for hydroxylation is 1. The lowest BCUT2D eigenvalue weighted by Crippen LogP contribution is -2.15. The molecule has 0 saturated heterocycles. The maximum Gasteiger partial charge on any atom is 0.396 e. The molecule has 94 valence electrons. The van der Waals surface area contributed by atoms with Gasteiger partial charge in [-0.2, -0.15) is 13.2 Å². The van der Waals surface area contributed by atoms with Crippen LogP contribution < -0.4 is 4.74 Å². The molecule has 0 aliphatic carbocycles. The summed E-state index contributed by atoms with van der Waals surface area (Å²) in [6, 6.07) is 2.87. The third-order valence-corrected chi connectivity index (χ3v) is 3.00. The van der Waals surface area contributed by atoms with Crippen LogP contribution in [-0.2, 0) is 0 Å². The molecule has 0 aromatic heterocycles. The minimum absolute atomic E-state index is 0.0673. The molecule has 1 aromatic rings. The van der Waals surface area contributed by atoms with E-state index in [1.807, 2.05) is 0 Å². The molecule has 0 N–H and O–H groups in total. The molecule has 0 saturated carbocycles. The van der Waals surface area contributed by atoms with E-state index in [1.165, 1.54) is 19.2 Å². The fourth-order valence-corrected chi connectivity index (χ4v) is 1.66. The number of carbonyl (C=O) groups excluding carboxylic acids is 1. The van der Waals surface area contributed by atoms with E-state index in [0.717, 1.165) is 5.56 Å². The normalized spacial score (nSPS) is 11.4. The summed E-state index contributed by atoms with van der Waals surface area (Å²) in [7, 11) is 1.31. The van der Waals surface area contributed by atoms with E-state index in [0.29, 0.717) is 4.47 Å². The Labute approximate surface area is 105 Å². The summed E-state index contributed by atoms with van der Waals surface area (Å²) in [6.07, 6.45) is -6.00. The number of hydrogen-bond acceptors (Lipinski definition) is 2. The zero-order chi connectivity index (χ0) is 13.2. The third kappa shape index (κ3) is 3.73. The van der Waals surface area contributed by atoms with Gasteiger partial charge in [0.25, 0.3) is 0 Å². The molecule has 0 heterocycles. The average molecular weight is 311 g/mol. The summed E-state index contributed by atoms with van der Waals surface area (Å²) in [5.41, 5.74) is 0.715. The second kappa shape index (κ2) is 5.08. The van der Waals surface area contributed by atoms with E-state index in [1.54, 1.807) is 6.92 Å². The zero-order valence-corrected chi connectivity index (χ0v) is 10.8. The van der Waals surface area contributed by atoms with Crippen molar-refractivity contribution in [3.05, 3.63) is 27.7 Å². The van der Waals surface area contributed by atoms with Gasteiger partial charge < -0.3 is 4.74 Å². The lowest BCUT2D eigenvalue weighted by molar-refractivity contribution is -0.125. The number of benzene rings is 1. The van der Waals surface area contributed by atoms with Gasteiger partial charge in [0.15, 0.2) is 5.78 Å². The number of halogens is 4. The first kappa shape index (κ1) is 14.0. The summed E-state index contributed by atoms with van der Waals surface area (Å²) in [5, 5.41) is 0. The van der Waals surface area contributed by atoms with Gasteiger partial charge in [0.05, 0.1) is 12.7 Å². The van der Waals surface area contributed by atoms with E-state index >= 15 is 0 Å². The monoisotopic (exact) mass is 310 g/mol. The van der Waals surface area contributed by atoms with Gasteiger partial charge in [0.2, 0.25) is 0 Å². The van der Waals surface area contributed by atoms with Crippen molar-refractivity contribution >= 4 is 21.7 Å². The Bertz CT molecular complexity index is 441. The summed E-state index contributed by atoms with van der Waals surface area (Å²) in [5.74, 6) is -0.852. The molecular formula is C11H10BrF3O2. The first-order chi connectivity index (χ1) is 7.74. The number of alkyl halides is 3. The van der Waals surface area contributed by atoms with Gasteiger partial charge in [-0.25, -0.2) is 0 Å². The fraction of sp³-hybridized carbons (Fsp3) is 0.364. The van der Waals surface area contributed by atoms with Gasteiger partial charge in [0.1, 0.15) is 12.2 Å². The molecular weight excluding hydrogens is 301 g/mol. The fourth-order valence-electron chi connectivity index (χ4n) is 1.32. The molecule has 0 radical (unpaired) electrons. The van der Waals surface area contributed by atoms with E-state index in [2.05, 4.69) is 15.9 Å². The van der Waals surface area contributed by atoms with Crippen LogP contribution >= 0.6 is 15.9 Å². The highest BCUT2D eigenvalue weighted by atomic mass is 79.9. The average Bonchev–Trinajstić information content (AvgIpc) is 2.18. The maximum atomic E-state index is 12.1. The minimum atomic E-state index is -4.51. The molecule has 0 fully saturated rings. The molecule has 17 heavy (non-hydrogen) atoms. The van der Waals surface area contributed by atoms with Crippen molar-refractivity contribution in [2.45, 2.75) is 19.5 Å². The van der Waals surface area contributed by atoms with E-state index in [-0.39, 0.29) is 11.3 Å². The van der Waals surface area contributed by atoms with Crippen molar-refractivity contribution in [3.63, 3.8) is 0 Å². The summed E-state index contributed by atoms with van der Waals surface area (Å²) >= 11 is 3.17. The molecule has 0 unspecified atom stereocenters. The second-order valence-corrected chi connectivity index (χ2v) is 4.37. The van der Waals surface area contributed by atoms with Crippen LogP contribution in [0.15, 0.2) is 16.6 Å². The molecule has 1 rings (SSSR count). The van der Waals surface area contributed by atoms with E-state index in [9.17, 15) is 18.0 Å². The van der Waals surface area contributed by atoms with Crippen molar-refractivity contribution in [1.82, 2.24) is 0 Å². The number of methoxy groups -OCH3 is 1. The van der Waals surface area contributed by atoms with Crippen LogP contribution in [0, 0.1) is 6.92 Å². The van der Waals surface area contributed by atoms with Crippen molar-refractivity contribution in [1.29, 1.82) is 0 Å². The number of rotatable bonds is 3. The molecule has 2 nitrogen and oxygen atoms in total. The molecule has 6 heteroatoms. The molecule has 0 atom stereocenters. The third-order valence-electron chi connectivity index (χ3n) is 2.14. The smallest absolute Gasteiger partial charge is 0.396 e. The highest BCUT2D eigenvalue weighted by molar-refractivity contribution is 9.10. The molecule has 0 bridgehead atoms. The topological polar surface area (TPSA) is 26.3 Å². The molecule has 0 spiro atoms. The van der Waals surface area contributed by atoms with Crippen LogP contribution in [0.2, 0.25) is 0 Å². The van der Waals surface area contributed by atoms with E-state index in [4.69, 9.17) is 4.74 Å². The van der Waals surface area contributed by atoms with Crippen LogP contribution in [-0.4, -0.2) is 19.1 Å². The van der Waals surface area contributed by atoms with Crippen LogP contribution in [0.1, 0.15) is 22.3 Å². The predicted molar refractivity (Wildman–Crippen MR) is 60.4 cm³/mol. The Morgan fingerprint density at radius 2 is 2.00 bits per heavy atom. The van der Waals surface area contributed by atoms with Crippen molar-refractivity contribution in [2.75, 3.05) is 7.11 Å². The second-order valence-electron chi connectivity index (χ2n) is 3.52. The largest absolute Gasteiger partial charge is 0.496 e. The van der Waals surface area contributed by atoms with Gasteiger partial charge in [0, 0.05) is 4.47 Å². The summed E-state index contributed by atoms with van der Waals surface area (Å²) in [6.45, 7) is 1.75. The zero-order valence-electron chi connectivity index (χ0n) is 9.19. The van der Waals surface area contributed by atoms with Gasteiger partial charge in [-0.1, -0.05) is 15.9 Å². The number of ketones is 1. The number of Topliss-reactive ketones (excluding diaryl/α,β-unsaturated/α-hetero) is 1. The standard InChI is InChI=1S/C11H10BrF3O2/c1-6-3-10(17-2)7(4-8(6)12)9(16)5-11(13,14)15/h3-4H,5H2,1-2H3. The number of hydrogen-bond donors (Lipinski definition) is 0. The molecule has 0 amide bonds. The lowest BCUT2D eigenvalue weighted by atomic mass is 10.0. The first-order valence-corrected chi connectivity index (χ1v) is 5.48. The van der Waals surface area contributed by atoms with Crippen molar-refractivity contribution in [2.24, 2.45) is 0 Å². The van der Waals surface area contributed by atoms with Gasteiger partial charge >= 0.3 is 6.18 Å². The van der Waals surface area contributed by atoms with Crippen LogP contribution in [0.5, 0.6) is 5.75 Å². The lowest BCUT2D eigenvalue weighted by Gasteiger charge is -2.11. The van der Waals surface area contributed by atoms with E-state index < -0.39 is 18.4 Å². The molecule has 0 aliphatic heterocycles. The minimum Gasteiger partial charge on any atom is -0.496 e. The Balaban J connectivity index is 3.12. The van der Waals surface area contributed by atoms with Crippen molar-refractivity contribution < 1.29 is 22.7 Å². The quantitative estimate of drug-likeness (QED) is 0.791. The van der Waals surface area contributed by atoms with Crippen molar-refractivity contribution in [3.8, 4) is 5.75 Å². The number of carbonyl (C=O) groups is 1. The Kier molecular flexibility index (Phi) is 4.19. The van der Waals surface area contributed by atoms with Crippen LogP contribution in [0.4, 0.5) is 13.2 Å². The van der Waals surface area contributed by atoms with Crippen LogP contribution in [0.3, 0.4) is 0 Å². The maximum absolute atomic E-state index is 12.1. The Morgan fingerprint density at radius 3 is 2.47 bits per heavy atom. The SMILES string of the molecule is COc1cc(C)c(Br)cc1C(=O)CC(F)(F)F. The predicted octanol–water partition coefficient (Wildman–Crippen LogP) is 3.90. The number of ether oxygens (including phenoxy) is 1. The summed E-state index contributed by atoms with van der Waals surface area (Å²) < 4.78 is 41.9. The molecule has 1 aromatic carbocycles. The molecule has 0 aliphatic rings. The highest BCUT2D eigenvalue weighted by Crippen LogP contribution is 2.30. The van der Waals surface area contributed by atoms with Gasteiger partial charge in [-0.05, 0) is 24.6 Å². The summed E-state index contributed by atoms with van der Waals surface area (Å²) in [4.78, 5) is 11.5. The van der Waals surface area contributed by atoms with Crippen LogP contribution in [0.25, 0.3) is 0 Å². The van der Waals surface area contributed by atoms with Gasteiger partial charge in [-0.3, -0.25) is 4.79 Å². The highest BCUT2D eigenvalue weighted by Gasteiger charge is 2.32. The Hall–Kier alpha value is -1.04. The van der Waals surface area contributed by atoms with Gasteiger partial charge in [-0.15, -0.1) is 0 Å². The Morgan fingerprint density at radius 1 is 1.41 bits per heavy atom.